The van der Waals surface area contributed by atoms with Gasteiger partial charge in [0.05, 0.1) is 22.9 Å². The van der Waals surface area contributed by atoms with Gasteiger partial charge in [-0.1, -0.05) is 29.8 Å². The van der Waals surface area contributed by atoms with Crippen LogP contribution in [0.15, 0.2) is 77.7 Å². The van der Waals surface area contributed by atoms with Crippen molar-refractivity contribution in [2.75, 3.05) is 22.8 Å². The highest BCUT2D eigenvalue weighted by Gasteiger charge is 2.27. The first kappa shape index (κ1) is 22.3. The normalized spacial score (nSPS) is 11.1. The Morgan fingerprint density at radius 1 is 1.00 bits per heavy atom. The second kappa shape index (κ2) is 9.61. The SMILES string of the molecule is CCOc1ccccc1NC(=O)CN(c1ccc(F)cc1)S(=O)(=O)c1ccc(C)cc1. The number of carbonyl (C=O) groups excluding carboxylic acids is 1. The number of sulfonamides is 1. The number of nitrogens with zero attached hydrogens (tertiary/aromatic N) is 1. The summed E-state index contributed by atoms with van der Waals surface area (Å²) < 4.78 is 46.5. The molecule has 0 aliphatic heterocycles. The average Bonchev–Trinajstić information content (AvgIpc) is 2.75. The Balaban J connectivity index is 1.93. The Labute approximate surface area is 181 Å². The first-order chi connectivity index (χ1) is 14.8. The molecule has 0 aliphatic carbocycles. The Bertz CT molecular complexity index is 1150. The molecule has 0 bridgehead atoms. The number of para-hydroxylation sites is 2. The zero-order valence-electron chi connectivity index (χ0n) is 17.2. The zero-order valence-corrected chi connectivity index (χ0v) is 18.0. The van der Waals surface area contributed by atoms with Crippen LogP contribution in [0.3, 0.4) is 0 Å². The molecule has 0 radical (unpaired) electrons. The van der Waals surface area contributed by atoms with Gasteiger partial charge in [-0.3, -0.25) is 9.10 Å². The van der Waals surface area contributed by atoms with Crippen LogP contribution in [0, 0.1) is 12.7 Å². The molecule has 0 fully saturated rings. The van der Waals surface area contributed by atoms with E-state index in [-0.39, 0.29) is 10.6 Å². The van der Waals surface area contributed by atoms with Crippen molar-refractivity contribution in [3.05, 3.63) is 84.2 Å². The fraction of sp³-hybridized carbons (Fsp3) is 0.174. The lowest BCUT2D eigenvalue weighted by atomic mass is 10.2. The predicted molar refractivity (Wildman–Crippen MR) is 118 cm³/mol. The van der Waals surface area contributed by atoms with Gasteiger partial charge in [-0.2, -0.15) is 0 Å². The van der Waals surface area contributed by atoms with E-state index in [4.69, 9.17) is 4.74 Å². The fourth-order valence-electron chi connectivity index (χ4n) is 2.93. The van der Waals surface area contributed by atoms with E-state index in [9.17, 15) is 17.6 Å². The summed E-state index contributed by atoms with van der Waals surface area (Å²) in [4.78, 5) is 12.8. The minimum atomic E-state index is -4.07. The minimum absolute atomic E-state index is 0.0324. The van der Waals surface area contributed by atoms with Crippen molar-refractivity contribution in [1.29, 1.82) is 0 Å². The van der Waals surface area contributed by atoms with Crippen LogP contribution in [-0.2, 0) is 14.8 Å². The second-order valence-electron chi connectivity index (χ2n) is 6.78. The molecule has 8 heteroatoms. The van der Waals surface area contributed by atoms with Crippen molar-refractivity contribution in [1.82, 2.24) is 0 Å². The molecule has 1 N–H and O–H groups in total. The average molecular weight is 443 g/mol. The molecule has 0 aromatic heterocycles. The number of benzene rings is 3. The summed E-state index contributed by atoms with van der Waals surface area (Å²) in [5.74, 6) is -0.591. The van der Waals surface area contributed by atoms with Gasteiger partial charge in [0.1, 0.15) is 18.1 Å². The highest BCUT2D eigenvalue weighted by molar-refractivity contribution is 7.92. The van der Waals surface area contributed by atoms with E-state index in [0.717, 1.165) is 22.0 Å². The Hall–Kier alpha value is -3.39. The monoisotopic (exact) mass is 442 g/mol. The van der Waals surface area contributed by atoms with E-state index in [0.29, 0.717) is 18.0 Å². The molecule has 3 aromatic carbocycles. The molecule has 6 nitrogen and oxygen atoms in total. The van der Waals surface area contributed by atoms with Crippen LogP contribution < -0.4 is 14.4 Å². The molecular formula is C23H23FN2O4S. The van der Waals surface area contributed by atoms with Crippen LogP contribution >= 0.6 is 0 Å². The van der Waals surface area contributed by atoms with Crippen LogP contribution in [0.25, 0.3) is 0 Å². The minimum Gasteiger partial charge on any atom is -0.492 e. The Morgan fingerprint density at radius 2 is 1.65 bits per heavy atom. The van der Waals surface area contributed by atoms with Gasteiger partial charge in [0.15, 0.2) is 0 Å². The van der Waals surface area contributed by atoms with Crippen LogP contribution in [-0.4, -0.2) is 27.5 Å². The van der Waals surface area contributed by atoms with Gasteiger partial charge in [-0.25, -0.2) is 12.8 Å². The second-order valence-corrected chi connectivity index (χ2v) is 8.64. The van der Waals surface area contributed by atoms with Crippen molar-refractivity contribution in [3.63, 3.8) is 0 Å². The number of ether oxygens (including phenoxy) is 1. The lowest BCUT2D eigenvalue weighted by Crippen LogP contribution is -2.38. The predicted octanol–water partition coefficient (Wildman–Crippen LogP) is 4.37. The van der Waals surface area contributed by atoms with Crippen LogP contribution in [0.5, 0.6) is 5.75 Å². The summed E-state index contributed by atoms with van der Waals surface area (Å²) in [6.07, 6.45) is 0. The molecule has 31 heavy (non-hydrogen) atoms. The van der Waals surface area contributed by atoms with Crippen molar-refractivity contribution in [3.8, 4) is 5.75 Å². The first-order valence-corrected chi connectivity index (χ1v) is 11.1. The maximum absolute atomic E-state index is 13.4. The largest absolute Gasteiger partial charge is 0.492 e. The third kappa shape index (κ3) is 5.40. The van der Waals surface area contributed by atoms with Gasteiger partial charge < -0.3 is 10.1 Å². The number of aryl methyl sites for hydroxylation is 1. The number of carbonyl (C=O) groups is 1. The summed E-state index contributed by atoms with van der Waals surface area (Å²) in [6.45, 7) is 3.58. The molecule has 0 saturated carbocycles. The Morgan fingerprint density at radius 3 is 2.29 bits per heavy atom. The standard InChI is InChI=1S/C23H23FN2O4S/c1-3-30-22-7-5-4-6-21(22)25-23(27)16-26(19-12-10-18(24)11-13-19)31(28,29)20-14-8-17(2)9-15-20/h4-15H,3,16H2,1-2H3,(H,25,27). The van der Waals surface area contributed by atoms with Gasteiger partial charge in [0.2, 0.25) is 5.91 Å². The van der Waals surface area contributed by atoms with E-state index in [1.54, 1.807) is 36.4 Å². The number of nitrogens with one attached hydrogen (secondary N) is 1. The third-order valence-electron chi connectivity index (χ3n) is 4.47. The summed E-state index contributed by atoms with van der Waals surface area (Å²) in [6, 6.07) is 18.1. The van der Waals surface area contributed by atoms with Crippen molar-refractivity contribution in [2.45, 2.75) is 18.7 Å². The summed E-state index contributed by atoms with van der Waals surface area (Å²) in [7, 11) is -4.07. The number of hydrogen-bond acceptors (Lipinski definition) is 4. The smallest absolute Gasteiger partial charge is 0.264 e. The first-order valence-electron chi connectivity index (χ1n) is 9.68. The van der Waals surface area contributed by atoms with Crippen LogP contribution in [0.2, 0.25) is 0 Å². The molecule has 3 aromatic rings. The molecule has 0 spiro atoms. The highest BCUT2D eigenvalue weighted by Crippen LogP contribution is 2.26. The zero-order chi connectivity index (χ0) is 22.4. The summed E-state index contributed by atoms with van der Waals surface area (Å²) in [5.41, 5.74) is 1.51. The molecule has 0 heterocycles. The molecule has 0 atom stereocenters. The van der Waals surface area contributed by atoms with E-state index in [1.807, 2.05) is 13.8 Å². The summed E-state index contributed by atoms with van der Waals surface area (Å²) >= 11 is 0. The van der Waals surface area contributed by atoms with Crippen molar-refractivity contribution < 1.29 is 22.3 Å². The maximum Gasteiger partial charge on any atom is 0.264 e. The lowest BCUT2D eigenvalue weighted by Gasteiger charge is -2.24. The fourth-order valence-corrected chi connectivity index (χ4v) is 4.35. The molecule has 3 rings (SSSR count). The van der Waals surface area contributed by atoms with Crippen LogP contribution in [0.4, 0.5) is 15.8 Å². The van der Waals surface area contributed by atoms with Crippen LogP contribution in [0.1, 0.15) is 12.5 Å². The van der Waals surface area contributed by atoms with Gasteiger partial charge in [0.25, 0.3) is 10.0 Å². The van der Waals surface area contributed by atoms with E-state index >= 15 is 0 Å². The van der Waals surface area contributed by atoms with Gasteiger partial charge in [-0.15, -0.1) is 0 Å². The highest BCUT2D eigenvalue weighted by atomic mass is 32.2. The van der Waals surface area contributed by atoms with Crippen molar-refractivity contribution >= 4 is 27.3 Å². The number of halogens is 1. The molecule has 0 unspecified atom stereocenters. The Kier molecular flexibility index (Phi) is 6.91. The number of rotatable bonds is 8. The number of amides is 1. The van der Waals surface area contributed by atoms with Gasteiger partial charge >= 0.3 is 0 Å². The molecule has 0 aliphatic rings. The van der Waals surface area contributed by atoms with Gasteiger partial charge in [-0.05, 0) is 62.4 Å². The molecule has 162 valence electrons. The van der Waals surface area contributed by atoms with E-state index in [2.05, 4.69) is 5.32 Å². The lowest BCUT2D eigenvalue weighted by molar-refractivity contribution is -0.114. The van der Waals surface area contributed by atoms with Crippen molar-refractivity contribution in [2.24, 2.45) is 0 Å². The molecular weight excluding hydrogens is 419 g/mol. The maximum atomic E-state index is 13.4. The quantitative estimate of drug-likeness (QED) is 0.562. The topological polar surface area (TPSA) is 75.7 Å². The van der Waals surface area contributed by atoms with E-state index in [1.165, 1.54) is 24.3 Å². The number of anilines is 2. The van der Waals surface area contributed by atoms with Gasteiger partial charge in [0, 0.05) is 0 Å². The molecule has 0 saturated heterocycles. The molecule has 1 amide bonds. The summed E-state index contributed by atoms with van der Waals surface area (Å²) in [5, 5.41) is 2.70. The number of hydrogen-bond donors (Lipinski definition) is 1. The third-order valence-corrected chi connectivity index (χ3v) is 6.26. The van der Waals surface area contributed by atoms with E-state index < -0.39 is 28.3 Å².